The summed E-state index contributed by atoms with van der Waals surface area (Å²) in [5, 5.41) is 10.3. The van der Waals surface area contributed by atoms with Gasteiger partial charge in [-0.05, 0) is 30.5 Å². The maximum atomic E-state index is 13.8. The van der Waals surface area contributed by atoms with E-state index in [1.807, 2.05) is 12.4 Å². The predicted molar refractivity (Wildman–Crippen MR) is 107 cm³/mol. The number of carboxylic acids is 1. The molecule has 0 radical (unpaired) electrons. The zero-order valence-corrected chi connectivity index (χ0v) is 17.3. The van der Waals surface area contributed by atoms with Gasteiger partial charge >= 0.3 is 12.1 Å². The number of halogens is 4. The number of pyridine rings is 1. The van der Waals surface area contributed by atoms with Crippen molar-refractivity contribution in [1.29, 1.82) is 0 Å². The van der Waals surface area contributed by atoms with Crippen LogP contribution in [0.2, 0.25) is 0 Å². The van der Waals surface area contributed by atoms with Crippen molar-refractivity contribution in [2.24, 2.45) is 0 Å². The molecule has 0 bridgehead atoms. The van der Waals surface area contributed by atoms with Gasteiger partial charge in [-0.2, -0.15) is 13.2 Å². The number of aryl methyl sites for hydroxylation is 1. The lowest BCUT2D eigenvalue weighted by Crippen LogP contribution is -2.34. The average molecular weight is 457 g/mol. The minimum absolute atomic E-state index is 0.0627. The molecule has 32 heavy (non-hydrogen) atoms. The van der Waals surface area contributed by atoms with Crippen molar-refractivity contribution in [1.82, 2.24) is 15.0 Å². The number of carboxylic acid groups (broad SMARTS) is 1. The van der Waals surface area contributed by atoms with Crippen LogP contribution in [-0.4, -0.2) is 63.5 Å². The first-order valence-electron chi connectivity index (χ1n) is 9.99. The molecule has 2 unspecified atom stereocenters. The second-order valence-corrected chi connectivity index (χ2v) is 7.59. The second-order valence-electron chi connectivity index (χ2n) is 7.59. The Morgan fingerprint density at radius 2 is 2.03 bits per heavy atom. The lowest BCUT2D eigenvalue weighted by Gasteiger charge is -2.23. The summed E-state index contributed by atoms with van der Waals surface area (Å²) in [7, 11) is 0. The smallest absolute Gasteiger partial charge is 0.475 e. The van der Waals surface area contributed by atoms with Crippen LogP contribution in [0.25, 0.3) is 0 Å². The zero-order chi connectivity index (χ0) is 23.4. The molecule has 4 heterocycles. The first-order valence-corrected chi connectivity index (χ1v) is 9.99. The van der Waals surface area contributed by atoms with Crippen LogP contribution in [0.1, 0.15) is 25.3 Å². The molecule has 2 aliphatic heterocycles. The molecule has 2 atom stereocenters. The van der Waals surface area contributed by atoms with Crippen molar-refractivity contribution < 1.29 is 32.2 Å². The van der Waals surface area contributed by atoms with Gasteiger partial charge in [-0.3, -0.25) is 0 Å². The number of anilines is 2. The predicted octanol–water partition coefficient (Wildman–Crippen LogP) is 3.06. The van der Waals surface area contributed by atoms with E-state index < -0.39 is 12.1 Å². The Kier molecular flexibility index (Phi) is 7.12. The fraction of sp³-hybridized carbons (Fsp3) is 0.500. The van der Waals surface area contributed by atoms with Gasteiger partial charge in [0.05, 0.1) is 24.8 Å². The summed E-state index contributed by atoms with van der Waals surface area (Å²) in [4.78, 5) is 24.1. The maximum absolute atomic E-state index is 13.8. The Bertz CT molecular complexity index is 928. The number of hydrogen-bond donors (Lipinski definition) is 2. The quantitative estimate of drug-likeness (QED) is 0.676. The first kappa shape index (κ1) is 23.6. The Morgan fingerprint density at radius 1 is 1.34 bits per heavy atom. The molecule has 174 valence electrons. The number of aromatic nitrogens is 3. The number of ether oxygens (including phenoxy) is 1. The Morgan fingerprint density at radius 3 is 2.62 bits per heavy atom. The van der Waals surface area contributed by atoms with E-state index in [9.17, 15) is 17.6 Å². The number of rotatable bonds is 4. The fourth-order valence-corrected chi connectivity index (χ4v) is 3.62. The highest BCUT2D eigenvalue weighted by Gasteiger charge is 2.46. The van der Waals surface area contributed by atoms with E-state index in [-0.39, 0.29) is 17.5 Å². The van der Waals surface area contributed by atoms with E-state index >= 15 is 0 Å². The standard InChI is InChI=1S/C18H22FN5O.C2HF3O2/c1-2-13-9-21-17(22-10-13)24-7-5-18(12-24)8-14(11-25-18)23-16-15(19)4-3-6-20-16;3-2(4,5)1(6)7/h3-4,6,9-10,14H,2,5,7-8,11-12H2,1H3,(H,20,23);(H,6,7). The van der Waals surface area contributed by atoms with E-state index in [2.05, 4.69) is 32.1 Å². The third-order valence-electron chi connectivity index (χ3n) is 5.25. The Labute approximate surface area is 181 Å². The van der Waals surface area contributed by atoms with Crippen LogP contribution in [-0.2, 0) is 16.0 Å². The zero-order valence-electron chi connectivity index (χ0n) is 17.3. The van der Waals surface area contributed by atoms with Crippen LogP contribution < -0.4 is 10.2 Å². The summed E-state index contributed by atoms with van der Waals surface area (Å²) in [6.45, 7) is 4.28. The van der Waals surface area contributed by atoms with Crippen LogP contribution in [0, 0.1) is 5.82 Å². The van der Waals surface area contributed by atoms with Crippen LogP contribution in [0.4, 0.5) is 29.3 Å². The fourth-order valence-electron chi connectivity index (χ4n) is 3.62. The number of carbonyl (C=O) groups is 1. The summed E-state index contributed by atoms with van der Waals surface area (Å²) in [6.07, 6.45) is 2.96. The molecule has 2 aromatic heterocycles. The average Bonchev–Trinajstić information content (AvgIpc) is 3.36. The lowest BCUT2D eigenvalue weighted by atomic mass is 9.97. The summed E-state index contributed by atoms with van der Waals surface area (Å²) in [5.74, 6) is -2.04. The number of aliphatic carboxylic acids is 1. The van der Waals surface area contributed by atoms with Crippen LogP contribution in [0.15, 0.2) is 30.7 Å². The van der Waals surface area contributed by atoms with Crippen molar-refractivity contribution in [2.75, 3.05) is 29.9 Å². The van der Waals surface area contributed by atoms with Crippen LogP contribution in [0.3, 0.4) is 0 Å². The van der Waals surface area contributed by atoms with E-state index in [0.29, 0.717) is 12.4 Å². The van der Waals surface area contributed by atoms with E-state index in [0.717, 1.165) is 43.9 Å². The van der Waals surface area contributed by atoms with Crippen LogP contribution >= 0.6 is 0 Å². The van der Waals surface area contributed by atoms with Crippen molar-refractivity contribution in [3.05, 3.63) is 42.1 Å². The summed E-state index contributed by atoms with van der Waals surface area (Å²) in [6, 6.07) is 3.06. The molecule has 0 amide bonds. The summed E-state index contributed by atoms with van der Waals surface area (Å²) in [5.41, 5.74) is 0.923. The van der Waals surface area contributed by atoms with Crippen molar-refractivity contribution in [3.63, 3.8) is 0 Å². The number of nitrogens with zero attached hydrogens (tertiary/aromatic N) is 4. The molecular formula is C20H23F4N5O3. The lowest BCUT2D eigenvalue weighted by molar-refractivity contribution is -0.192. The third kappa shape index (κ3) is 5.81. The number of alkyl halides is 3. The minimum atomic E-state index is -5.08. The van der Waals surface area contributed by atoms with Gasteiger partial charge in [0.15, 0.2) is 11.6 Å². The maximum Gasteiger partial charge on any atom is 0.490 e. The van der Waals surface area contributed by atoms with Gasteiger partial charge in [-0.25, -0.2) is 24.1 Å². The Hall–Kier alpha value is -3.02. The molecule has 2 saturated heterocycles. The molecular weight excluding hydrogens is 434 g/mol. The molecule has 2 fully saturated rings. The van der Waals surface area contributed by atoms with Crippen molar-refractivity contribution in [3.8, 4) is 0 Å². The highest BCUT2D eigenvalue weighted by atomic mass is 19.4. The molecule has 0 saturated carbocycles. The Balaban J connectivity index is 0.000000360. The van der Waals surface area contributed by atoms with Crippen LogP contribution in [0.5, 0.6) is 0 Å². The van der Waals surface area contributed by atoms with Gasteiger partial charge in [-0.1, -0.05) is 6.92 Å². The van der Waals surface area contributed by atoms with E-state index in [1.165, 1.54) is 6.07 Å². The summed E-state index contributed by atoms with van der Waals surface area (Å²) < 4.78 is 51.6. The van der Waals surface area contributed by atoms with Gasteiger partial charge in [0.1, 0.15) is 0 Å². The topological polar surface area (TPSA) is 100 Å². The molecule has 2 aliphatic rings. The first-order chi connectivity index (χ1) is 15.1. The van der Waals surface area contributed by atoms with Gasteiger partial charge in [0.25, 0.3) is 0 Å². The normalized spacial score (nSPS) is 22.5. The minimum Gasteiger partial charge on any atom is -0.475 e. The second kappa shape index (κ2) is 9.63. The van der Waals surface area contributed by atoms with Gasteiger partial charge < -0.3 is 20.1 Å². The largest absolute Gasteiger partial charge is 0.490 e. The number of nitrogens with one attached hydrogen (secondary N) is 1. The van der Waals surface area contributed by atoms with Gasteiger partial charge in [0, 0.05) is 31.6 Å². The molecule has 1 spiro atoms. The number of hydrogen-bond acceptors (Lipinski definition) is 7. The summed E-state index contributed by atoms with van der Waals surface area (Å²) >= 11 is 0. The van der Waals surface area contributed by atoms with Gasteiger partial charge in [-0.15, -0.1) is 0 Å². The molecule has 2 aromatic rings. The molecule has 0 aromatic carbocycles. The van der Waals surface area contributed by atoms with Crippen molar-refractivity contribution >= 4 is 17.7 Å². The van der Waals surface area contributed by atoms with E-state index in [4.69, 9.17) is 14.6 Å². The molecule has 8 nitrogen and oxygen atoms in total. The molecule has 12 heteroatoms. The molecule has 0 aliphatic carbocycles. The highest BCUT2D eigenvalue weighted by Crippen LogP contribution is 2.37. The molecule has 2 N–H and O–H groups in total. The molecule has 4 rings (SSSR count). The van der Waals surface area contributed by atoms with Gasteiger partial charge in [0.2, 0.25) is 5.95 Å². The van der Waals surface area contributed by atoms with E-state index in [1.54, 1.807) is 12.3 Å². The SMILES string of the molecule is CCc1cnc(N2CCC3(CC(Nc4ncccc4F)CO3)C2)nc1.O=C(O)C(F)(F)F. The third-order valence-corrected chi connectivity index (χ3v) is 5.25. The van der Waals surface area contributed by atoms with Crippen molar-refractivity contribution in [2.45, 2.75) is 44.0 Å². The monoisotopic (exact) mass is 457 g/mol. The highest BCUT2D eigenvalue weighted by molar-refractivity contribution is 5.73.